The van der Waals surface area contributed by atoms with Gasteiger partial charge in [-0.2, -0.15) is 0 Å². The van der Waals surface area contributed by atoms with Crippen LogP contribution < -0.4 is 5.32 Å². The second-order valence-electron chi connectivity index (χ2n) is 7.28. The van der Waals surface area contributed by atoms with Crippen molar-refractivity contribution >= 4 is 17.6 Å². The summed E-state index contributed by atoms with van der Waals surface area (Å²) in [4.78, 5) is 25.0. The van der Waals surface area contributed by atoms with Crippen molar-refractivity contribution in [2.24, 2.45) is 0 Å². The van der Waals surface area contributed by atoms with Crippen LogP contribution in [0.2, 0.25) is 0 Å². The highest BCUT2D eigenvalue weighted by Crippen LogP contribution is 2.50. The van der Waals surface area contributed by atoms with Crippen LogP contribution in [0.15, 0.2) is 54.6 Å². The Morgan fingerprint density at radius 2 is 1.46 bits per heavy atom. The van der Waals surface area contributed by atoms with Crippen molar-refractivity contribution in [2.75, 3.05) is 11.9 Å². The molecule has 0 spiro atoms. The van der Waals surface area contributed by atoms with E-state index >= 15 is 0 Å². The molecule has 2 fully saturated rings. The van der Waals surface area contributed by atoms with E-state index in [0.29, 0.717) is 6.61 Å². The van der Waals surface area contributed by atoms with E-state index in [-0.39, 0.29) is 17.3 Å². The van der Waals surface area contributed by atoms with Gasteiger partial charge in [0.2, 0.25) is 5.91 Å². The lowest BCUT2D eigenvalue weighted by atomic mass is 9.94. The van der Waals surface area contributed by atoms with Gasteiger partial charge in [-0.15, -0.1) is 0 Å². The first kappa shape index (κ1) is 16.8. The van der Waals surface area contributed by atoms with Gasteiger partial charge in [-0.05, 0) is 55.9 Å². The summed E-state index contributed by atoms with van der Waals surface area (Å²) in [5, 5.41) is 3.04. The standard InChI is InChI=1S/C22H23NO3/c1-2-26-20(25)22(14-15-22)17-8-10-18(11-9-17)23-19(24)21(12-13-21)16-6-4-3-5-7-16/h3-11H,2,12-15H2,1H3,(H,23,24). The Hall–Kier alpha value is -2.62. The fourth-order valence-corrected chi connectivity index (χ4v) is 3.66. The Morgan fingerprint density at radius 1 is 0.885 bits per heavy atom. The highest BCUT2D eigenvalue weighted by molar-refractivity contribution is 6.01. The molecule has 2 aliphatic carbocycles. The lowest BCUT2D eigenvalue weighted by Gasteiger charge is -2.17. The normalized spacial score (nSPS) is 18.7. The van der Waals surface area contributed by atoms with Crippen molar-refractivity contribution in [3.8, 4) is 0 Å². The number of hydrogen-bond donors (Lipinski definition) is 1. The summed E-state index contributed by atoms with van der Waals surface area (Å²) in [6.07, 6.45) is 3.42. The van der Waals surface area contributed by atoms with Crippen molar-refractivity contribution in [2.45, 2.75) is 43.4 Å². The summed E-state index contributed by atoms with van der Waals surface area (Å²) in [5.41, 5.74) is 1.95. The lowest BCUT2D eigenvalue weighted by molar-refractivity contribution is -0.146. The van der Waals surface area contributed by atoms with E-state index < -0.39 is 5.41 Å². The Morgan fingerprint density at radius 3 is 2.00 bits per heavy atom. The summed E-state index contributed by atoms with van der Waals surface area (Å²) >= 11 is 0. The monoisotopic (exact) mass is 349 g/mol. The molecule has 1 amide bonds. The van der Waals surface area contributed by atoms with Gasteiger partial charge < -0.3 is 10.1 Å². The summed E-state index contributed by atoms with van der Waals surface area (Å²) in [6.45, 7) is 2.23. The zero-order chi connectivity index (χ0) is 18.2. The van der Waals surface area contributed by atoms with Gasteiger partial charge in [0.25, 0.3) is 0 Å². The van der Waals surface area contributed by atoms with Gasteiger partial charge in [0.1, 0.15) is 0 Å². The number of ether oxygens (including phenoxy) is 1. The highest BCUT2D eigenvalue weighted by atomic mass is 16.5. The van der Waals surface area contributed by atoms with E-state index in [1.807, 2.05) is 61.5 Å². The predicted molar refractivity (Wildman–Crippen MR) is 100.0 cm³/mol. The lowest BCUT2D eigenvalue weighted by Crippen LogP contribution is -2.28. The SMILES string of the molecule is CCOC(=O)C1(c2ccc(NC(=O)C3(c4ccccc4)CC3)cc2)CC1. The van der Waals surface area contributed by atoms with Gasteiger partial charge in [0.15, 0.2) is 0 Å². The summed E-state index contributed by atoms with van der Waals surface area (Å²) in [5.74, 6) is -0.0965. The van der Waals surface area contributed by atoms with Crippen LogP contribution >= 0.6 is 0 Å². The molecule has 0 aliphatic heterocycles. The number of carbonyl (C=O) groups excluding carboxylic acids is 2. The molecular weight excluding hydrogens is 326 g/mol. The number of nitrogens with one attached hydrogen (secondary N) is 1. The fraction of sp³-hybridized carbons (Fsp3) is 0.364. The molecule has 0 saturated heterocycles. The number of anilines is 1. The zero-order valence-electron chi connectivity index (χ0n) is 15.0. The highest BCUT2D eigenvalue weighted by Gasteiger charge is 2.53. The first-order valence-electron chi connectivity index (χ1n) is 9.25. The molecule has 1 N–H and O–H groups in total. The predicted octanol–water partition coefficient (Wildman–Crippen LogP) is 3.95. The Bertz CT molecular complexity index is 818. The molecule has 4 rings (SSSR count). The average molecular weight is 349 g/mol. The summed E-state index contributed by atoms with van der Waals surface area (Å²) in [7, 11) is 0. The van der Waals surface area contributed by atoms with Crippen molar-refractivity contribution in [3.63, 3.8) is 0 Å². The molecule has 0 atom stereocenters. The molecule has 0 heterocycles. The van der Waals surface area contributed by atoms with E-state index in [1.165, 1.54) is 0 Å². The topological polar surface area (TPSA) is 55.4 Å². The van der Waals surface area contributed by atoms with E-state index in [0.717, 1.165) is 42.5 Å². The Labute approximate surface area is 153 Å². The largest absolute Gasteiger partial charge is 0.465 e. The third kappa shape index (κ3) is 2.79. The van der Waals surface area contributed by atoms with Crippen LogP contribution in [0.1, 0.15) is 43.7 Å². The van der Waals surface area contributed by atoms with Crippen molar-refractivity contribution in [1.82, 2.24) is 0 Å². The van der Waals surface area contributed by atoms with E-state index in [1.54, 1.807) is 0 Å². The minimum absolute atomic E-state index is 0.0444. The molecule has 2 aliphatic rings. The van der Waals surface area contributed by atoms with Crippen molar-refractivity contribution in [1.29, 1.82) is 0 Å². The zero-order valence-corrected chi connectivity index (χ0v) is 15.0. The third-order valence-corrected chi connectivity index (χ3v) is 5.62. The van der Waals surface area contributed by atoms with E-state index in [2.05, 4.69) is 5.32 Å². The maximum absolute atomic E-state index is 12.8. The molecule has 0 unspecified atom stereocenters. The first-order valence-corrected chi connectivity index (χ1v) is 9.25. The molecule has 4 heteroatoms. The van der Waals surface area contributed by atoms with E-state index in [4.69, 9.17) is 4.74 Å². The van der Waals surface area contributed by atoms with Crippen LogP contribution in [-0.2, 0) is 25.2 Å². The maximum atomic E-state index is 12.8. The van der Waals surface area contributed by atoms with Crippen LogP contribution in [0.25, 0.3) is 0 Å². The van der Waals surface area contributed by atoms with Crippen LogP contribution in [0.5, 0.6) is 0 Å². The second-order valence-corrected chi connectivity index (χ2v) is 7.28. The van der Waals surface area contributed by atoms with Crippen molar-refractivity contribution < 1.29 is 14.3 Å². The molecule has 0 aromatic heterocycles. The minimum atomic E-state index is -0.472. The molecule has 4 nitrogen and oxygen atoms in total. The van der Waals surface area contributed by atoms with Crippen LogP contribution in [-0.4, -0.2) is 18.5 Å². The second kappa shape index (κ2) is 6.27. The molecule has 26 heavy (non-hydrogen) atoms. The third-order valence-electron chi connectivity index (χ3n) is 5.62. The van der Waals surface area contributed by atoms with Crippen LogP contribution in [0.4, 0.5) is 5.69 Å². The molecule has 2 aromatic rings. The van der Waals surface area contributed by atoms with Gasteiger partial charge in [0.05, 0.1) is 17.4 Å². The van der Waals surface area contributed by atoms with Crippen LogP contribution in [0.3, 0.4) is 0 Å². The number of rotatable bonds is 6. The number of amides is 1. The average Bonchev–Trinajstić information content (AvgIpc) is 3.57. The van der Waals surface area contributed by atoms with Crippen LogP contribution in [0, 0.1) is 0 Å². The smallest absolute Gasteiger partial charge is 0.316 e. The quantitative estimate of drug-likeness (QED) is 0.804. The fourth-order valence-electron chi connectivity index (χ4n) is 3.66. The van der Waals surface area contributed by atoms with E-state index in [9.17, 15) is 9.59 Å². The van der Waals surface area contributed by atoms with Gasteiger partial charge in [-0.3, -0.25) is 9.59 Å². The number of benzene rings is 2. The van der Waals surface area contributed by atoms with Gasteiger partial charge in [0, 0.05) is 5.69 Å². The molecule has 0 radical (unpaired) electrons. The molecular formula is C22H23NO3. The number of esters is 1. The number of carbonyl (C=O) groups is 2. The molecule has 2 aromatic carbocycles. The Balaban J connectivity index is 1.47. The van der Waals surface area contributed by atoms with Crippen molar-refractivity contribution in [3.05, 3.63) is 65.7 Å². The van der Waals surface area contributed by atoms with Gasteiger partial charge in [-0.1, -0.05) is 42.5 Å². The van der Waals surface area contributed by atoms with Gasteiger partial charge in [-0.25, -0.2) is 0 Å². The van der Waals surface area contributed by atoms with Gasteiger partial charge >= 0.3 is 5.97 Å². The molecule has 134 valence electrons. The molecule has 2 saturated carbocycles. The summed E-state index contributed by atoms with van der Waals surface area (Å²) in [6, 6.07) is 17.6. The number of hydrogen-bond acceptors (Lipinski definition) is 3. The minimum Gasteiger partial charge on any atom is -0.465 e. The molecule has 0 bridgehead atoms. The Kier molecular flexibility index (Phi) is 4.06. The maximum Gasteiger partial charge on any atom is 0.316 e. The first-order chi connectivity index (χ1) is 12.6. The summed E-state index contributed by atoms with van der Waals surface area (Å²) < 4.78 is 5.21.